The number of rotatable bonds is 5. The molecule has 0 N–H and O–H groups in total. The number of nitrogens with zero attached hydrogens (tertiary/aromatic N) is 1. The molecular weight excluding hydrogens is 274 g/mol. The fourth-order valence-corrected chi connectivity index (χ4v) is 2.49. The van der Waals surface area contributed by atoms with E-state index in [0.29, 0.717) is 10.6 Å². The van der Waals surface area contributed by atoms with Gasteiger partial charge in [-0.1, -0.05) is 23.7 Å². The van der Waals surface area contributed by atoms with Crippen LogP contribution in [0.25, 0.3) is 0 Å². The van der Waals surface area contributed by atoms with Crippen molar-refractivity contribution in [1.82, 2.24) is 4.90 Å². The molecule has 18 heavy (non-hydrogen) atoms. The summed E-state index contributed by atoms with van der Waals surface area (Å²) in [4.78, 5) is 24.5. The van der Waals surface area contributed by atoms with E-state index in [1.165, 1.54) is 11.0 Å². The van der Waals surface area contributed by atoms with Gasteiger partial charge in [0.05, 0.1) is 5.75 Å². The largest absolute Gasteiger partial charge is 0.348 e. The van der Waals surface area contributed by atoms with Gasteiger partial charge in [0.15, 0.2) is 5.78 Å². The van der Waals surface area contributed by atoms with Crippen LogP contribution in [-0.4, -0.2) is 46.4 Å². The lowest BCUT2D eigenvalue weighted by molar-refractivity contribution is -0.125. The standard InChI is InChI=1S/C12H14ClNO3S/c1-14(2)12(16)8-18(17)7-11(15)9-4-3-5-10(13)6-9/h3-6H,7-8H2,1-2H3. The summed E-state index contributed by atoms with van der Waals surface area (Å²) >= 11 is 5.76. The third-order valence-electron chi connectivity index (χ3n) is 2.22. The van der Waals surface area contributed by atoms with Crippen LogP contribution in [0.1, 0.15) is 10.4 Å². The van der Waals surface area contributed by atoms with Gasteiger partial charge in [0.2, 0.25) is 5.91 Å². The molecule has 98 valence electrons. The molecule has 1 rings (SSSR count). The highest BCUT2D eigenvalue weighted by Crippen LogP contribution is 2.11. The first kappa shape index (κ1) is 14.9. The van der Waals surface area contributed by atoms with Crippen molar-refractivity contribution in [3.63, 3.8) is 0 Å². The van der Waals surface area contributed by atoms with Gasteiger partial charge in [-0.2, -0.15) is 0 Å². The molecular formula is C12H14ClNO3S. The van der Waals surface area contributed by atoms with E-state index < -0.39 is 10.8 Å². The first-order valence-electron chi connectivity index (χ1n) is 5.24. The normalized spacial score (nSPS) is 11.9. The Morgan fingerprint density at radius 2 is 1.94 bits per heavy atom. The maximum atomic E-state index is 11.8. The Kier molecular flexibility index (Phi) is 5.50. The number of halogens is 1. The Bertz CT molecular complexity index is 488. The van der Waals surface area contributed by atoms with E-state index in [1.807, 2.05) is 0 Å². The summed E-state index contributed by atoms with van der Waals surface area (Å²) in [5.41, 5.74) is 0.410. The van der Waals surface area contributed by atoms with Gasteiger partial charge in [-0.05, 0) is 12.1 Å². The quantitative estimate of drug-likeness (QED) is 0.769. The van der Waals surface area contributed by atoms with Gasteiger partial charge in [-0.25, -0.2) is 0 Å². The van der Waals surface area contributed by atoms with Crippen molar-refractivity contribution in [2.45, 2.75) is 0 Å². The molecule has 0 aliphatic carbocycles. The minimum atomic E-state index is -1.49. The van der Waals surface area contributed by atoms with Gasteiger partial charge in [0.1, 0.15) is 5.75 Å². The minimum absolute atomic E-state index is 0.140. The van der Waals surface area contributed by atoms with Crippen molar-refractivity contribution in [2.75, 3.05) is 25.6 Å². The van der Waals surface area contributed by atoms with Crippen LogP contribution in [0.4, 0.5) is 0 Å². The molecule has 6 heteroatoms. The Hall–Kier alpha value is -1.20. The lowest BCUT2D eigenvalue weighted by Gasteiger charge is -2.09. The second-order valence-electron chi connectivity index (χ2n) is 3.95. The summed E-state index contributed by atoms with van der Waals surface area (Å²) in [6.07, 6.45) is 0. The SMILES string of the molecule is CN(C)C(=O)CS(=O)CC(=O)c1cccc(Cl)c1. The van der Waals surface area contributed by atoms with Crippen molar-refractivity contribution in [3.05, 3.63) is 34.9 Å². The number of hydrogen-bond acceptors (Lipinski definition) is 3. The zero-order valence-corrected chi connectivity index (χ0v) is 11.8. The molecule has 1 atom stereocenters. The lowest BCUT2D eigenvalue weighted by Crippen LogP contribution is -2.29. The smallest absolute Gasteiger partial charge is 0.234 e. The van der Waals surface area contributed by atoms with Crippen LogP contribution < -0.4 is 0 Å². The van der Waals surface area contributed by atoms with Gasteiger partial charge in [0.25, 0.3) is 0 Å². The predicted molar refractivity (Wildman–Crippen MR) is 72.4 cm³/mol. The third-order valence-corrected chi connectivity index (χ3v) is 3.61. The van der Waals surface area contributed by atoms with E-state index in [1.54, 1.807) is 32.3 Å². The molecule has 0 saturated carbocycles. The van der Waals surface area contributed by atoms with Crippen LogP contribution in [0.3, 0.4) is 0 Å². The molecule has 1 aromatic rings. The Balaban J connectivity index is 2.60. The van der Waals surface area contributed by atoms with E-state index in [9.17, 15) is 13.8 Å². The van der Waals surface area contributed by atoms with Crippen LogP contribution in [0.5, 0.6) is 0 Å². The number of Topliss-reactive ketones (excluding diaryl/α,β-unsaturated/α-hetero) is 1. The molecule has 1 unspecified atom stereocenters. The number of carbonyl (C=O) groups is 2. The highest BCUT2D eigenvalue weighted by molar-refractivity contribution is 7.86. The molecule has 0 radical (unpaired) electrons. The summed E-state index contributed by atoms with van der Waals surface area (Å²) in [5.74, 6) is -0.839. The zero-order valence-electron chi connectivity index (χ0n) is 10.2. The minimum Gasteiger partial charge on any atom is -0.348 e. The van der Waals surface area contributed by atoms with Gasteiger partial charge >= 0.3 is 0 Å². The lowest BCUT2D eigenvalue weighted by atomic mass is 10.1. The van der Waals surface area contributed by atoms with E-state index in [4.69, 9.17) is 11.6 Å². The summed E-state index contributed by atoms with van der Waals surface area (Å²) in [6.45, 7) is 0. The summed E-state index contributed by atoms with van der Waals surface area (Å²) in [5, 5.41) is 0.455. The number of carbonyl (C=O) groups excluding carboxylic acids is 2. The highest BCUT2D eigenvalue weighted by atomic mass is 35.5. The molecule has 1 amide bonds. The maximum absolute atomic E-state index is 11.8. The molecule has 1 aromatic carbocycles. The molecule has 0 aliphatic rings. The average molecular weight is 288 g/mol. The molecule has 0 spiro atoms. The Morgan fingerprint density at radius 3 is 2.50 bits per heavy atom. The molecule has 0 aliphatic heterocycles. The van der Waals surface area contributed by atoms with Crippen LogP contribution in [0.2, 0.25) is 5.02 Å². The van der Waals surface area contributed by atoms with Crippen LogP contribution in [0.15, 0.2) is 24.3 Å². The molecule has 0 heterocycles. The maximum Gasteiger partial charge on any atom is 0.234 e. The Labute approximate surface area is 113 Å². The fourth-order valence-electron chi connectivity index (χ4n) is 1.21. The molecule has 0 saturated heterocycles. The topological polar surface area (TPSA) is 54.5 Å². The molecule has 4 nitrogen and oxygen atoms in total. The summed E-state index contributed by atoms with van der Waals surface area (Å²) in [7, 11) is 1.67. The van der Waals surface area contributed by atoms with Gasteiger partial charge in [0, 0.05) is 35.5 Å². The second kappa shape index (κ2) is 6.66. The predicted octanol–water partition coefficient (Wildman–Crippen LogP) is 1.36. The molecule has 0 fully saturated rings. The summed E-state index contributed by atoms with van der Waals surface area (Å²) < 4.78 is 11.6. The number of hydrogen-bond donors (Lipinski definition) is 0. The van der Waals surface area contributed by atoms with Crippen molar-refractivity contribution < 1.29 is 13.8 Å². The number of ketones is 1. The molecule has 0 bridgehead atoms. The van der Waals surface area contributed by atoms with E-state index in [-0.39, 0.29) is 23.2 Å². The van der Waals surface area contributed by atoms with Crippen molar-refractivity contribution >= 4 is 34.1 Å². The monoisotopic (exact) mass is 287 g/mol. The zero-order chi connectivity index (χ0) is 13.7. The van der Waals surface area contributed by atoms with Crippen LogP contribution in [0, 0.1) is 0 Å². The average Bonchev–Trinajstić information content (AvgIpc) is 2.28. The highest BCUT2D eigenvalue weighted by Gasteiger charge is 2.15. The van der Waals surface area contributed by atoms with Crippen LogP contribution >= 0.6 is 11.6 Å². The first-order valence-corrected chi connectivity index (χ1v) is 7.10. The van der Waals surface area contributed by atoms with E-state index in [0.717, 1.165) is 0 Å². The van der Waals surface area contributed by atoms with Crippen LogP contribution in [-0.2, 0) is 15.6 Å². The van der Waals surface area contributed by atoms with Crippen molar-refractivity contribution in [3.8, 4) is 0 Å². The number of amides is 1. The summed E-state index contributed by atoms with van der Waals surface area (Å²) in [6, 6.07) is 6.45. The van der Waals surface area contributed by atoms with E-state index >= 15 is 0 Å². The Morgan fingerprint density at radius 1 is 1.28 bits per heavy atom. The van der Waals surface area contributed by atoms with Gasteiger partial charge < -0.3 is 4.90 Å². The fraction of sp³-hybridized carbons (Fsp3) is 0.333. The van der Waals surface area contributed by atoms with Gasteiger partial charge in [-0.15, -0.1) is 0 Å². The first-order chi connectivity index (χ1) is 8.40. The number of benzene rings is 1. The van der Waals surface area contributed by atoms with E-state index in [2.05, 4.69) is 0 Å². The second-order valence-corrected chi connectivity index (χ2v) is 5.84. The third kappa shape index (κ3) is 4.58. The van der Waals surface area contributed by atoms with Crippen molar-refractivity contribution in [2.24, 2.45) is 0 Å². The van der Waals surface area contributed by atoms with Gasteiger partial charge in [-0.3, -0.25) is 13.8 Å². The molecule has 0 aromatic heterocycles. The van der Waals surface area contributed by atoms with Crippen molar-refractivity contribution in [1.29, 1.82) is 0 Å².